The highest BCUT2D eigenvalue weighted by Gasteiger charge is 2.27. The lowest BCUT2D eigenvalue weighted by atomic mass is 10.1. The van der Waals surface area contributed by atoms with Crippen LogP contribution in [-0.2, 0) is 17.9 Å². The van der Waals surface area contributed by atoms with Gasteiger partial charge in [-0.3, -0.25) is 4.79 Å². The summed E-state index contributed by atoms with van der Waals surface area (Å²) in [5.74, 6) is -0.613. The lowest BCUT2D eigenvalue weighted by molar-refractivity contribution is -0.00174. The van der Waals surface area contributed by atoms with E-state index < -0.39 is 0 Å². The molecule has 6 nitrogen and oxygen atoms in total. The molecule has 1 aromatic heterocycles. The Labute approximate surface area is 159 Å². The average Bonchev–Trinajstić information content (AvgIpc) is 3.12. The number of nitrogens with zero attached hydrogens (tertiary/aromatic N) is 3. The fourth-order valence-electron chi connectivity index (χ4n) is 2.93. The highest BCUT2D eigenvalue weighted by atomic mass is 32.2. The third kappa shape index (κ3) is 3.72. The summed E-state index contributed by atoms with van der Waals surface area (Å²) < 4.78 is 20.6. The number of benzene rings is 2. The van der Waals surface area contributed by atoms with Gasteiger partial charge in [0.05, 0.1) is 18.8 Å². The molecular weight excluding hydrogens is 367 g/mol. The summed E-state index contributed by atoms with van der Waals surface area (Å²) in [6.45, 7) is 0.632. The second kappa shape index (κ2) is 7.50. The van der Waals surface area contributed by atoms with Crippen molar-refractivity contribution in [2.24, 2.45) is 0 Å². The number of carbonyl (C=O) groups excluding carboxylic acids is 1. The quantitative estimate of drug-likeness (QED) is 0.695. The molecule has 4 rings (SSSR count). The molecule has 1 N–H and O–H groups in total. The second-order valence-corrected chi connectivity index (χ2v) is 6.98. The van der Waals surface area contributed by atoms with Gasteiger partial charge in [-0.1, -0.05) is 17.3 Å². The minimum Gasteiger partial charge on any atom is -0.365 e. The zero-order valence-electron chi connectivity index (χ0n) is 14.6. The molecule has 138 valence electrons. The van der Waals surface area contributed by atoms with E-state index in [-0.39, 0.29) is 30.1 Å². The third-order valence-electron chi connectivity index (χ3n) is 4.40. The summed E-state index contributed by atoms with van der Waals surface area (Å²) in [4.78, 5) is 13.7. The van der Waals surface area contributed by atoms with E-state index in [1.54, 1.807) is 28.6 Å². The van der Waals surface area contributed by atoms with Crippen molar-refractivity contribution in [3.05, 3.63) is 71.3 Å². The molecule has 0 radical (unpaired) electrons. The number of thioether (sulfide) groups is 1. The Bertz CT molecular complexity index is 957. The number of rotatable bonds is 4. The molecule has 0 aliphatic carbocycles. The van der Waals surface area contributed by atoms with Gasteiger partial charge in [-0.05, 0) is 48.2 Å². The van der Waals surface area contributed by atoms with Crippen molar-refractivity contribution in [3.63, 3.8) is 0 Å². The first-order chi connectivity index (χ1) is 13.1. The minimum absolute atomic E-state index is 0.212. The molecule has 0 saturated carbocycles. The number of anilines is 1. The van der Waals surface area contributed by atoms with Gasteiger partial charge in [-0.25, -0.2) is 9.07 Å². The lowest BCUT2D eigenvalue weighted by Gasteiger charge is -2.24. The van der Waals surface area contributed by atoms with Gasteiger partial charge in [0.2, 0.25) is 0 Å². The molecule has 3 aromatic rings. The largest absolute Gasteiger partial charge is 0.365 e. The van der Waals surface area contributed by atoms with E-state index in [0.29, 0.717) is 17.9 Å². The summed E-state index contributed by atoms with van der Waals surface area (Å²) in [6, 6.07) is 13.8. The summed E-state index contributed by atoms with van der Waals surface area (Å²) in [6.07, 6.45) is 1.74. The van der Waals surface area contributed by atoms with Crippen LogP contribution in [0.4, 0.5) is 10.1 Å². The Balaban J connectivity index is 1.48. The Morgan fingerprint density at radius 1 is 1.22 bits per heavy atom. The van der Waals surface area contributed by atoms with Gasteiger partial charge in [0, 0.05) is 10.6 Å². The van der Waals surface area contributed by atoms with Gasteiger partial charge in [0.15, 0.2) is 5.69 Å². The van der Waals surface area contributed by atoms with Crippen LogP contribution in [-0.4, -0.2) is 27.2 Å². The maximum absolute atomic E-state index is 13.1. The van der Waals surface area contributed by atoms with E-state index in [1.807, 2.05) is 30.5 Å². The highest BCUT2D eigenvalue weighted by Crippen LogP contribution is 2.27. The van der Waals surface area contributed by atoms with E-state index in [0.717, 1.165) is 10.5 Å². The fourth-order valence-corrected chi connectivity index (χ4v) is 3.34. The average molecular weight is 384 g/mol. The Morgan fingerprint density at radius 2 is 1.96 bits per heavy atom. The first-order valence-electron chi connectivity index (χ1n) is 8.39. The van der Waals surface area contributed by atoms with Crippen LogP contribution in [0.2, 0.25) is 0 Å². The number of halogens is 1. The zero-order chi connectivity index (χ0) is 18.8. The molecule has 1 aliphatic heterocycles. The standard InChI is InChI=1S/C19H17FN4O2S/c1-27-15-8-6-14(7-9-15)21-19(25)18-16-11-26-17(10-24(16)23-22-18)12-2-4-13(20)5-3-12/h2-9,17H,10-11H2,1H3,(H,21,25)/t17-/m0/s1. The van der Waals surface area contributed by atoms with Gasteiger partial charge >= 0.3 is 0 Å². The predicted octanol–water partition coefficient (Wildman–Crippen LogP) is 3.66. The molecule has 0 saturated heterocycles. The summed E-state index contributed by atoms with van der Waals surface area (Å²) >= 11 is 1.64. The predicted molar refractivity (Wildman–Crippen MR) is 100 cm³/mol. The van der Waals surface area contributed by atoms with Crippen molar-refractivity contribution >= 4 is 23.4 Å². The molecule has 0 fully saturated rings. The van der Waals surface area contributed by atoms with E-state index >= 15 is 0 Å². The summed E-state index contributed by atoms with van der Waals surface area (Å²) in [5.41, 5.74) is 2.44. The molecule has 8 heteroatoms. The van der Waals surface area contributed by atoms with Gasteiger partial charge in [-0.2, -0.15) is 0 Å². The first kappa shape index (κ1) is 17.7. The SMILES string of the molecule is CSc1ccc(NC(=O)c2nnn3c2CO[C@H](c2ccc(F)cc2)C3)cc1. The van der Waals surface area contributed by atoms with E-state index in [9.17, 15) is 9.18 Å². The van der Waals surface area contributed by atoms with Crippen molar-refractivity contribution in [1.29, 1.82) is 0 Å². The number of amides is 1. The van der Waals surface area contributed by atoms with Crippen LogP contribution in [0.5, 0.6) is 0 Å². The topological polar surface area (TPSA) is 69.0 Å². The molecule has 2 aromatic carbocycles. The van der Waals surface area contributed by atoms with Gasteiger partial charge < -0.3 is 10.1 Å². The van der Waals surface area contributed by atoms with Gasteiger partial charge in [0.25, 0.3) is 5.91 Å². The Kier molecular flexibility index (Phi) is 4.91. The van der Waals surface area contributed by atoms with Crippen LogP contribution in [0.25, 0.3) is 0 Å². The normalized spacial score (nSPS) is 16.0. The highest BCUT2D eigenvalue weighted by molar-refractivity contribution is 7.98. The number of hydrogen-bond donors (Lipinski definition) is 1. The smallest absolute Gasteiger partial charge is 0.278 e. The van der Waals surface area contributed by atoms with E-state index in [2.05, 4.69) is 15.6 Å². The van der Waals surface area contributed by atoms with Crippen molar-refractivity contribution in [2.75, 3.05) is 11.6 Å². The molecule has 2 heterocycles. The molecule has 27 heavy (non-hydrogen) atoms. The minimum atomic E-state index is -0.322. The molecular formula is C19H17FN4O2S. The number of hydrogen-bond acceptors (Lipinski definition) is 5. The molecule has 1 aliphatic rings. The van der Waals surface area contributed by atoms with Crippen molar-refractivity contribution in [2.45, 2.75) is 24.2 Å². The van der Waals surface area contributed by atoms with Crippen LogP contribution >= 0.6 is 11.8 Å². The third-order valence-corrected chi connectivity index (χ3v) is 5.15. The van der Waals surface area contributed by atoms with Crippen molar-refractivity contribution in [3.8, 4) is 0 Å². The molecule has 0 unspecified atom stereocenters. The number of fused-ring (bicyclic) bond motifs is 1. The van der Waals surface area contributed by atoms with Crippen molar-refractivity contribution in [1.82, 2.24) is 15.0 Å². The van der Waals surface area contributed by atoms with Crippen molar-refractivity contribution < 1.29 is 13.9 Å². The number of nitrogens with one attached hydrogen (secondary N) is 1. The fraction of sp³-hybridized carbons (Fsp3) is 0.211. The van der Waals surface area contributed by atoms with Crippen LogP contribution in [0.3, 0.4) is 0 Å². The lowest BCUT2D eigenvalue weighted by Crippen LogP contribution is -2.24. The van der Waals surface area contributed by atoms with Gasteiger partial charge in [-0.15, -0.1) is 16.9 Å². The Morgan fingerprint density at radius 3 is 2.67 bits per heavy atom. The number of carbonyl (C=O) groups is 1. The van der Waals surface area contributed by atoms with E-state index in [1.165, 1.54) is 12.1 Å². The van der Waals surface area contributed by atoms with Crippen LogP contribution < -0.4 is 5.32 Å². The van der Waals surface area contributed by atoms with Crippen LogP contribution in [0, 0.1) is 5.82 Å². The summed E-state index contributed by atoms with van der Waals surface area (Å²) in [5, 5.41) is 10.9. The second-order valence-electron chi connectivity index (χ2n) is 6.10. The number of ether oxygens (including phenoxy) is 1. The Hall–Kier alpha value is -2.71. The van der Waals surface area contributed by atoms with Gasteiger partial charge in [0.1, 0.15) is 11.9 Å². The molecule has 0 spiro atoms. The maximum Gasteiger partial charge on any atom is 0.278 e. The molecule has 1 atom stereocenters. The monoisotopic (exact) mass is 384 g/mol. The first-order valence-corrected chi connectivity index (χ1v) is 9.61. The zero-order valence-corrected chi connectivity index (χ0v) is 15.4. The van der Waals surface area contributed by atoms with E-state index in [4.69, 9.17) is 4.74 Å². The number of aromatic nitrogens is 3. The summed E-state index contributed by atoms with van der Waals surface area (Å²) in [7, 11) is 0. The van der Waals surface area contributed by atoms with Crippen LogP contribution in [0.1, 0.15) is 27.8 Å². The molecule has 0 bridgehead atoms. The van der Waals surface area contributed by atoms with Crippen LogP contribution in [0.15, 0.2) is 53.4 Å². The maximum atomic E-state index is 13.1. The molecule has 1 amide bonds.